The molecular weight excluding hydrogens is 240 g/mol. The molecule has 100 valence electrons. The minimum Gasteiger partial charge on any atom is -0.0648 e. The van der Waals surface area contributed by atoms with Crippen molar-refractivity contribution in [3.05, 3.63) is 72.3 Å². The van der Waals surface area contributed by atoms with Crippen LogP contribution in [0.5, 0.6) is 0 Å². The highest BCUT2D eigenvalue weighted by Crippen LogP contribution is 2.26. The Morgan fingerprint density at radius 1 is 0.750 bits per heavy atom. The van der Waals surface area contributed by atoms with Gasteiger partial charge in [-0.15, -0.1) is 0 Å². The Morgan fingerprint density at radius 2 is 1.40 bits per heavy atom. The Hall–Kier alpha value is -2.08. The second kappa shape index (κ2) is 5.50. The topological polar surface area (TPSA) is 0 Å². The van der Waals surface area contributed by atoms with Gasteiger partial charge in [0.2, 0.25) is 0 Å². The molecule has 0 fully saturated rings. The number of benzene rings is 3. The fourth-order valence-electron chi connectivity index (χ4n) is 2.61. The minimum atomic E-state index is 0.639. The molecule has 0 spiro atoms. The summed E-state index contributed by atoms with van der Waals surface area (Å²) in [4.78, 5) is 0. The third kappa shape index (κ3) is 2.46. The third-order valence-electron chi connectivity index (χ3n) is 4.17. The smallest absolute Gasteiger partial charge is 0.0178 e. The molecule has 0 nitrogen and oxygen atoms in total. The van der Waals surface area contributed by atoms with Gasteiger partial charge < -0.3 is 0 Å². The van der Waals surface area contributed by atoms with Crippen LogP contribution in [0.1, 0.15) is 31.7 Å². The lowest BCUT2D eigenvalue weighted by Gasteiger charge is -2.10. The van der Waals surface area contributed by atoms with Crippen LogP contribution in [0.25, 0.3) is 21.9 Å². The number of hydrogen-bond acceptors (Lipinski definition) is 0. The predicted octanol–water partition coefficient (Wildman–Crippen LogP) is 6.02. The van der Waals surface area contributed by atoms with Crippen LogP contribution >= 0.6 is 0 Å². The molecular formula is C20H20. The van der Waals surface area contributed by atoms with Crippen LogP contribution in [0.2, 0.25) is 0 Å². The quantitative estimate of drug-likeness (QED) is 0.540. The van der Waals surface area contributed by atoms with Gasteiger partial charge in [0.15, 0.2) is 0 Å². The Labute approximate surface area is 121 Å². The molecule has 0 heteroatoms. The molecule has 0 aliphatic rings. The minimum absolute atomic E-state index is 0.639. The van der Waals surface area contributed by atoms with Crippen molar-refractivity contribution in [1.29, 1.82) is 0 Å². The Kier molecular flexibility index (Phi) is 3.56. The first-order valence-electron chi connectivity index (χ1n) is 7.37. The molecule has 1 atom stereocenters. The maximum atomic E-state index is 2.28. The SMILES string of the molecule is CCC(C)c1ccc(-c2ccc3ccccc3c2)cc1. The monoisotopic (exact) mass is 260 g/mol. The highest BCUT2D eigenvalue weighted by molar-refractivity contribution is 5.87. The maximum Gasteiger partial charge on any atom is -0.0178 e. The van der Waals surface area contributed by atoms with E-state index in [9.17, 15) is 0 Å². The van der Waals surface area contributed by atoms with E-state index in [1.54, 1.807) is 0 Å². The second-order valence-electron chi connectivity index (χ2n) is 5.49. The summed E-state index contributed by atoms with van der Waals surface area (Å²) < 4.78 is 0. The summed E-state index contributed by atoms with van der Waals surface area (Å²) in [6.07, 6.45) is 1.19. The van der Waals surface area contributed by atoms with Gasteiger partial charge in [-0.05, 0) is 45.9 Å². The van der Waals surface area contributed by atoms with Gasteiger partial charge in [-0.25, -0.2) is 0 Å². The van der Waals surface area contributed by atoms with Gasteiger partial charge in [0.1, 0.15) is 0 Å². The van der Waals surface area contributed by atoms with Crippen molar-refractivity contribution < 1.29 is 0 Å². The van der Waals surface area contributed by atoms with Crippen molar-refractivity contribution in [1.82, 2.24) is 0 Å². The summed E-state index contributed by atoms with van der Waals surface area (Å²) in [6, 6.07) is 24.2. The largest absolute Gasteiger partial charge is 0.0648 e. The Balaban J connectivity index is 1.98. The molecule has 0 aliphatic carbocycles. The van der Waals surface area contributed by atoms with Gasteiger partial charge in [-0.3, -0.25) is 0 Å². The molecule has 0 amide bonds. The van der Waals surface area contributed by atoms with Crippen molar-refractivity contribution >= 4 is 10.8 Å². The molecule has 3 aromatic rings. The summed E-state index contributed by atoms with van der Waals surface area (Å²) in [5.41, 5.74) is 4.01. The molecule has 1 unspecified atom stereocenters. The van der Waals surface area contributed by atoms with E-state index in [0.717, 1.165) is 0 Å². The molecule has 0 N–H and O–H groups in total. The van der Waals surface area contributed by atoms with Crippen LogP contribution in [-0.2, 0) is 0 Å². The second-order valence-corrected chi connectivity index (χ2v) is 5.49. The Bertz CT molecular complexity index is 707. The van der Waals surface area contributed by atoms with Crippen molar-refractivity contribution in [3.63, 3.8) is 0 Å². The van der Waals surface area contributed by atoms with E-state index in [1.165, 1.54) is 33.9 Å². The molecule has 3 rings (SSSR count). The lowest BCUT2D eigenvalue weighted by Crippen LogP contribution is -1.90. The van der Waals surface area contributed by atoms with Crippen LogP contribution in [-0.4, -0.2) is 0 Å². The lowest BCUT2D eigenvalue weighted by molar-refractivity contribution is 0.734. The zero-order valence-corrected chi connectivity index (χ0v) is 12.1. The molecule has 0 aromatic heterocycles. The number of hydrogen-bond donors (Lipinski definition) is 0. The number of fused-ring (bicyclic) bond motifs is 1. The standard InChI is InChI=1S/C20H20/c1-3-15(2)16-8-10-18(11-9-16)20-13-12-17-6-4-5-7-19(17)14-20/h4-15H,3H2,1-2H3. The van der Waals surface area contributed by atoms with Gasteiger partial charge in [0.25, 0.3) is 0 Å². The van der Waals surface area contributed by atoms with Crippen LogP contribution in [0.4, 0.5) is 0 Å². The van der Waals surface area contributed by atoms with E-state index in [1.807, 2.05) is 0 Å². The molecule has 3 aromatic carbocycles. The first-order chi connectivity index (χ1) is 9.78. The predicted molar refractivity (Wildman–Crippen MR) is 88.1 cm³/mol. The van der Waals surface area contributed by atoms with Crippen molar-refractivity contribution in [3.8, 4) is 11.1 Å². The molecule has 0 radical (unpaired) electrons. The fraction of sp³-hybridized carbons (Fsp3) is 0.200. The van der Waals surface area contributed by atoms with Gasteiger partial charge >= 0.3 is 0 Å². The molecule has 0 bridgehead atoms. The van der Waals surface area contributed by atoms with E-state index in [-0.39, 0.29) is 0 Å². The molecule has 0 heterocycles. The average Bonchev–Trinajstić information content (AvgIpc) is 2.54. The molecule has 0 saturated carbocycles. The normalized spacial score (nSPS) is 12.5. The van der Waals surface area contributed by atoms with Crippen LogP contribution in [0.3, 0.4) is 0 Å². The van der Waals surface area contributed by atoms with E-state index in [2.05, 4.69) is 80.6 Å². The first-order valence-corrected chi connectivity index (χ1v) is 7.37. The van der Waals surface area contributed by atoms with E-state index in [0.29, 0.717) is 5.92 Å². The summed E-state index contributed by atoms with van der Waals surface area (Å²) in [5, 5.41) is 2.60. The zero-order valence-electron chi connectivity index (χ0n) is 12.1. The molecule has 20 heavy (non-hydrogen) atoms. The van der Waals surface area contributed by atoms with Crippen LogP contribution in [0, 0.1) is 0 Å². The zero-order chi connectivity index (χ0) is 13.9. The molecule has 0 saturated heterocycles. The van der Waals surface area contributed by atoms with Crippen molar-refractivity contribution in [2.45, 2.75) is 26.2 Å². The van der Waals surface area contributed by atoms with E-state index >= 15 is 0 Å². The summed E-state index contributed by atoms with van der Waals surface area (Å²) in [7, 11) is 0. The van der Waals surface area contributed by atoms with Gasteiger partial charge in [-0.1, -0.05) is 74.5 Å². The highest BCUT2D eigenvalue weighted by Gasteiger charge is 2.04. The third-order valence-corrected chi connectivity index (χ3v) is 4.17. The summed E-state index contributed by atoms with van der Waals surface area (Å²) in [6.45, 7) is 4.52. The molecule has 0 aliphatic heterocycles. The van der Waals surface area contributed by atoms with E-state index < -0.39 is 0 Å². The fourth-order valence-corrected chi connectivity index (χ4v) is 2.61. The van der Waals surface area contributed by atoms with Gasteiger partial charge in [0.05, 0.1) is 0 Å². The number of rotatable bonds is 3. The summed E-state index contributed by atoms with van der Waals surface area (Å²) >= 11 is 0. The highest BCUT2D eigenvalue weighted by atomic mass is 14.1. The first kappa shape index (κ1) is 12.9. The summed E-state index contributed by atoms with van der Waals surface area (Å²) in [5.74, 6) is 0.639. The maximum absolute atomic E-state index is 2.28. The van der Waals surface area contributed by atoms with E-state index in [4.69, 9.17) is 0 Å². The van der Waals surface area contributed by atoms with Crippen molar-refractivity contribution in [2.24, 2.45) is 0 Å². The average molecular weight is 260 g/mol. The van der Waals surface area contributed by atoms with Crippen molar-refractivity contribution in [2.75, 3.05) is 0 Å². The Morgan fingerprint density at radius 3 is 2.10 bits per heavy atom. The lowest BCUT2D eigenvalue weighted by atomic mass is 9.95. The van der Waals surface area contributed by atoms with Crippen LogP contribution in [0.15, 0.2) is 66.7 Å². The van der Waals surface area contributed by atoms with Gasteiger partial charge in [0, 0.05) is 0 Å². The van der Waals surface area contributed by atoms with Gasteiger partial charge in [-0.2, -0.15) is 0 Å². The van der Waals surface area contributed by atoms with Crippen LogP contribution < -0.4 is 0 Å².